The summed E-state index contributed by atoms with van der Waals surface area (Å²) >= 11 is 5.18. The largest absolute Gasteiger partial charge is 0.422 e. The Bertz CT molecular complexity index is 1570. The van der Waals surface area contributed by atoms with Crippen molar-refractivity contribution in [3.8, 4) is 0 Å². The van der Waals surface area contributed by atoms with Gasteiger partial charge in [0, 0.05) is 27.7 Å². The molecule has 33 heavy (non-hydrogen) atoms. The van der Waals surface area contributed by atoms with Crippen molar-refractivity contribution in [1.29, 1.82) is 0 Å². The Labute approximate surface area is 202 Å². The number of thioether (sulfide) groups is 1. The van der Waals surface area contributed by atoms with Crippen molar-refractivity contribution in [2.45, 2.75) is 5.37 Å². The Hall–Kier alpha value is -3.09. The van der Waals surface area contributed by atoms with Gasteiger partial charge in [0.05, 0.1) is 0 Å². The molecule has 0 unspecified atom stereocenters. The molecule has 1 fully saturated rings. The summed E-state index contributed by atoms with van der Waals surface area (Å²) in [6, 6.07) is 25.8. The third-order valence-corrected chi connectivity index (χ3v) is 7.85. The zero-order valence-corrected chi connectivity index (χ0v) is 19.9. The van der Waals surface area contributed by atoms with Crippen LogP contribution in [0, 0.1) is 0 Å². The fourth-order valence-electron chi connectivity index (χ4n) is 4.63. The van der Waals surface area contributed by atoms with Gasteiger partial charge in [-0.3, -0.25) is 4.79 Å². The maximum Gasteiger partial charge on any atom is 0.349 e. The number of halogens is 1. The number of benzene rings is 4. The molecule has 6 rings (SSSR count). The number of amides is 1. The molecule has 1 amide bonds. The van der Waals surface area contributed by atoms with Crippen molar-refractivity contribution < 1.29 is 9.21 Å². The van der Waals surface area contributed by atoms with E-state index < -0.39 is 5.63 Å². The molecule has 0 saturated carbocycles. The van der Waals surface area contributed by atoms with E-state index in [-0.39, 0.29) is 16.8 Å². The van der Waals surface area contributed by atoms with E-state index in [0.29, 0.717) is 17.5 Å². The van der Waals surface area contributed by atoms with Crippen LogP contribution in [0.4, 0.5) is 0 Å². The highest BCUT2D eigenvalue weighted by Crippen LogP contribution is 2.44. The highest BCUT2D eigenvalue weighted by atomic mass is 79.9. The zero-order chi connectivity index (χ0) is 22.5. The number of rotatable bonds is 2. The SMILES string of the molecule is O=C(c1cc2cc(Br)ccc2oc1=O)N1CCS[C@H]1c1c2ccccc2cc2ccccc12. The minimum Gasteiger partial charge on any atom is -0.422 e. The van der Waals surface area contributed by atoms with E-state index in [2.05, 4.69) is 46.3 Å². The van der Waals surface area contributed by atoms with E-state index in [1.807, 2.05) is 41.3 Å². The summed E-state index contributed by atoms with van der Waals surface area (Å²) in [5.74, 6) is 0.510. The lowest BCUT2D eigenvalue weighted by atomic mass is 9.96. The molecule has 1 aliphatic heterocycles. The minimum atomic E-state index is -0.603. The number of fused-ring (bicyclic) bond motifs is 3. The fourth-order valence-corrected chi connectivity index (χ4v) is 6.34. The summed E-state index contributed by atoms with van der Waals surface area (Å²) in [6.45, 7) is 0.571. The lowest BCUT2D eigenvalue weighted by Gasteiger charge is -2.26. The Morgan fingerprint density at radius 2 is 1.61 bits per heavy atom. The first kappa shape index (κ1) is 20.5. The predicted octanol–water partition coefficient (Wildman–Crippen LogP) is 6.75. The van der Waals surface area contributed by atoms with Crippen LogP contribution in [-0.2, 0) is 0 Å². The molecular weight excluding hydrogens is 498 g/mol. The van der Waals surface area contributed by atoms with Crippen LogP contribution >= 0.6 is 27.7 Å². The van der Waals surface area contributed by atoms with E-state index in [9.17, 15) is 9.59 Å². The minimum absolute atomic E-state index is 0.0673. The first-order chi connectivity index (χ1) is 16.1. The van der Waals surface area contributed by atoms with Gasteiger partial charge in [-0.2, -0.15) is 0 Å². The van der Waals surface area contributed by atoms with Crippen molar-refractivity contribution in [2.24, 2.45) is 0 Å². The average Bonchev–Trinajstić information content (AvgIpc) is 3.31. The van der Waals surface area contributed by atoms with Crippen molar-refractivity contribution in [3.05, 3.63) is 105 Å². The lowest BCUT2D eigenvalue weighted by Crippen LogP contribution is -2.33. The highest BCUT2D eigenvalue weighted by Gasteiger charge is 2.34. The predicted molar refractivity (Wildman–Crippen MR) is 138 cm³/mol. The second-order valence-corrected chi connectivity index (χ2v) is 10.2. The Balaban J connectivity index is 1.51. The molecule has 1 atom stereocenters. The molecule has 0 radical (unpaired) electrons. The molecule has 162 valence electrons. The summed E-state index contributed by atoms with van der Waals surface area (Å²) in [5, 5.41) is 5.06. The molecule has 4 aromatic carbocycles. The Morgan fingerprint density at radius 1 is 0.909 bits per heavy atom. The van der Waals surface area contributed by atoms with Gasteiger partial charge in [0.15, 0.2) is 0 Å². The summed E-state index contributed by atoms with van der Waals surface area (Å²) in [7, 11) is 0. The molecule has 5 aromatic rings. The third-order valence-electron chi connectivity index (χ3n) is 6.14. The van der Waals surface area contributed by atoms with Crippen molar-refractivity contribution in [1.82, 2.24) is 4.90 Å². The van der Waals surface area contributed by atoms with Crippen LogP contribution in [0.3, 0.4) is 0 Å². The summed E-state index contributed by atoms with van der Waals surface area (Å²) in [4.78, 5) is 28.3. The molecular formula is C27H18BrNO3S. The van der Waals surface area contributed by atoms with Crippen LogP contribution in [0.1, 0.15) is 21.3 Å². The van der Waals surface area contributed by atoms with Crippen LogP contribution < -0.4 is 5.63 Å². The van der Waals surface area contributed by atoms with Gasteiger partial charge >= 0.3 is 5.63 Å². The molecule has 6 heteroatoms. The standard InChI is InChI=1S/C27H18BrNO3S/c28-19-9-10-23-18(14-19)15-22(27(31)32-23)25(30)29-11-12-33-26(29)24-20-7-3-1-5-16(20)13-17-6-2-4-8-21(17)24/h1-10,13-15,26H,11-12H2/t26-/m0/s1. The van der Waals surface area contributed by atoms with E-state index in [0.717, 1.165) is 37.3 Å². The van der Waals surface area contributed by atoms with Crippen molar-refractivity contribution >= 4 is 66.1 Å². The molecule has 1 saturated heterocycles. The van der Waals surface area contributed by atoms with E-state index in [4.69, 9.17) is 4.42 Å². The van der Waals surface area contributed by atoms with Crippen LogP contribution in [-0.4, -0.2) is 23.1 Å². The molecule has 1 aliphatic rings. The molecule has 0 N–H and O–H groups in total. The molecule has 1 aromatic heterocycles. The van der Waals surface area contributed by atoms with Crippen LogP contribution in [0.5, 0.6) is 0 Å². The smallest absolute Gasteiger partial charge is 0.349 e. The van der Waals surface area contributed by atoms with Gasteiger partial charge in [0.1, 0.15) is 16.5 Å². The van der Waals surface area contributed by atoms with E-state index in [1.54, 1.807) is 23.9 Å². The number of hydrogen-bond donors (Lipinski definition) is 0. The van der Waals surface area contributed by atoms with Gasteiger partial charge in [-0.25, -0.2) is 4.79 Å². The van der Waals surface area contributed by atoms with Gasteiger partial charge < -0.3 is 9.32 Å². The first-order valence-corrected chi connectivity index (χ1v) is 12.5. The van der Waals surface area contributed by atoms with Gasteiger partial charge in [-0.05, 0) is 51.9 Å². The van der Waals surface area contributed by atoms with Crippen LogP contribution in [0.2, 0.25) is 0 Å². The summed E-state index contributed by atoms with van der Waals surface area (Å²) < 4.78 is 6.34. The van der Waals surface area contributed by atoms with Gasteiger partial charge in [-0.15, -0.1) is 11.8 Å². The molecule has 0 spiro atoms. The van der Waals surface area contributed by atoms with Gasteiger partial charge in [0.25, 0.3) is 5.91 Å². The van der Waals surface area contributed by atoms with Crippen LogP contribution in [0.15, 0.2) is 92.5 Å². The van der Waals surface area contributed by atoms with E-state index in [1.165, 1.54) is 0 Å². The average molecular weight is 516 g/mol. The van der Waals surface area contributed by atoms with Crippen molar-refractivity contribution in [3.63, 3.8) is 0 Å². The topological polar surface area (TPSA) is 50.5 Å². The normalized spacial score (nSPS) is 16.2. The maximum atomic E-state index is 13.7. The maximum absolute atomic E-state index is 13.7. The number of hydrogen-bond acceptors (Lipinski definition) is 4. The van der Waals surface area contributed by atoms with Crippen molar-refractivity contribution in [2.75, 3.05) is 12.3 Å². The van der Waals surface area contributed by atoms with Gasteiger partial charge in [-0.1, -0.05) is 64.5 Å². The fraction of sp³-hybridized carbons (Fsp3) is 0.111. The molecule has 2 heterocycles. The molecule has 4 nitrogen and oxygen atoms in total. The highest BCUT2D eigenvalue weighted by molar-refractivity contribution is 9.10. The number of carbonyl (C=O) groups excluding carboxylic acids is 1. The first-order valence-electron chi connectivity index (χ1n) is 10.7. The number of carbonyl (C=O) groups is 1. The number of nitrogens with zero attached hydrogens (tertiary/aromatic N) is 1. The Kier molecular flexibility index (Phi) is 5.00. The second-order valence-electron chi connectivity index (χ2n) is 8.08. The van der Waals surface area contributed by atoms with Crippen LogP contribution in [0.25, 0.3) is 32.5 Å². The van der Waals surface area contributed by atoms with Gasteiger partial charge in [0.2, 0.25) is 0 Å². The Morgan fingerprint density at radius 3 is 2.33 bits per heavy atom. The lowest BCUT2D eigenvalue weighted by molar-refractivity contribution is 0.0757. The molecule has 0 bridgehead atoms. The zero-order valence-electron chi connectivity index (χ0n) is 17.5. The quantitative estimate of drug-likeness (QED) is 0.192. The summed E-state index contributed by atoms with van der Waals surface area (Å²) in [5.41, 5.74) is 1.05. The van der Waals surface area contributed by atoms with E-state index >= 15 is 0 Å². The second kappa shape index (κ2) is 8.04. The summed E-state index contributed by atoms with van der Waals surface area (Å²) in [6.07, 6.45) is 0. The monoisotopic (exact) mass is 515 g/mol. The molecule has 0 aliphatic carbocycles. The third kappa shape index (κ3) is 3.45.